The van der Waals surface area contributed by atoms with E-state index >= 15 is 0 Å². The van der Waals surface area contributed by atoms with Crippen molar-refractivity contribution in [2.45, 2.75) is 6.54 Å². The van der Waals surface area contributed by atoms with E-state index in [9.17, 15) is 9.59 Å². The van der Waals surface area contributed by atoms with Crippen molar-refractivity contribution >= 4 is 17.6 Å². The molecule has 15 heavy (non-hydrogen) atoms. The van der Waals surface area contributed by atoms with Crippen molar-refractivity contribution in [3.8, 4) is 0 Å². The first-order valence-electron chi connectivity index (χ1n) is 4.19. The zero-order valence-corrected chi connectivity index (χ0v) is 8.52. The lowest BCUT2D eigenvalue weighted by Crippen LogP contribution is -2.16. The van der Waals surface area contributed by atoms with Crippen molar-refractivity contribution < 1.29 is 19.1 Å². The van der Waals surface area contributed by atoms with Crippen LogP contribution in [0.4, 0.5) is 5.69 Å². The fourth-order valence-electron chi connectivity index (χ4n) is 1.14. The number of nitrogens with two attached hydrogens (primary N) is 1. The first-order chi connectivity index (χ1) is 7.08. The highest BCUT2D eigenvalue weighted by molar-refractivity contribution is 5.89. The summed E-state index contributed by atoms with van der Waals surface area (Å²) in [6, 6.07) is 1.44. The van der Waals surface area contributed by atoms with Crippen LogP contribution in [0.1, 0.15) is 10.5 Å². The summed E-state index contributed by atoms with van der Waals surface area (Å²) in [7, 11) is 2.53. The van der Waals surface area contributed by atoms with Gasteiger partial charge in [-0.1, -0.05) is 0 Å². The Hall–Kier alpha value is -1.98. The van der Waals surface area contributed by atoms with E-state index in [1.807, 2.05) is 0 Å². The molecule has 6 nitrogen and oxygen atoms in total. The number of ether oxygens (including phenoxy) is 2. The average molecular weight is 212 g/mol. The third kappa shape index (κ3) is 2.49. The van der Waals surface area contributed by atoms with E-state index in [0.29, 0.717) is 5.69 Å². The number of carbonyl (C=O) groups excluding carboxylic acids is 2. The Bertz CT molecular complexity index is 383. The van der Waals surface area contributed by atoms with E-state index in [4.69, 9.17) is 5.73 Å². The number of esters is 2. The number of methoxy groups -OCH3 is 2. The average Bonchev–Trinajstić information content (AvgIpc) is 2.58. The van der Waals surface area contributed by atoms with Gasteiger partial charge in [0.05, 0.1) is 19.9 Å². The number of hydrogen-bond donors (Lipinski definition) is 1. The first-order valence-corrected chi connectivity index (χ1v) is 4.19. The van der Waals surface area contributed by atoms with Crippen LogP contribution in [-0.2, 0) is 20.8 Å². The molecule has 0 saturated carbocycles. The fraction of sp³-hybridized carbons (Fsp3) is 0.333. The molecule has 1 aromatic rings. The van der Waals surface area contributed by atoms with Gasteiger partial charge >= 0.3 is 11.9 Å². The quantitative estimate of drug-likeness (QED) is 0.714. The number of anilines is 1. The third-order valence-corrected chi connectivity index (χ3v) is 1.84. The van der Waals surface area contributed by atoms with Gasteiger partial charge in [0.2, 0.25) is 0 Å². The van der Waals surface area contributed by atoms with Gasteiger partial charge in [0.25, 0.3) is 0 Å². The van der Waals surface area contributed by atoms with Crippen LogP contribution in [0.25, 0.3) is 0 Å². The topological polar surface area (TPSA) is 83.5 Å². The standard InChI is InChI=1S/C9H12N2O4/c1-14-8(12)5-11-4-6(10)3-7(11)9(13)15-2/h3-4H,5,10H2,1-2H3. The van der Waals surface area contributed by atoms with Crippen LogP contribution in [-0.4, -0.2) is 30.7 Å². The molecule has 1 rings (SSSR count). The zero-order valence-electron chi connectivity index (χ0n) is 8.52. The molecule has 2 N–H and O–H groups in total. The Morgan fingerprint density at radius 1 is 1.40 bits per heavy atom. The molecule has 0 spiro atoms. The Kier molecular flexibility index (Phi) is 3.33. The van der Waals surface area contributed by atoms with Crippen molar-refractivity contribution in [1.29, 1.82) is 0 Å². The Balaban J connectivity index is 2.96. The molecular formula is C9H12N2O4. The summed E-state index contributed by atoms with van der Waals surface area (Å²) < 4.78 is 10.4. The molecule has 0 unspecified atom stereocenters. The molecule has 0 aliphatic rings. The predicted molar refractivity (Wildman–Crippen MR) is 52.2 cm³/mol. The molecule has 0 fully saturated rings. The maximum absolute atomic E-state index is 11.3. The van der Waals surface area contributed by atoms with Crippen LogP contribution in [0.3, 0.4) is 0 Å². The molecule has 0 aliphatic heterocycles. The second kappa shape index (κ2) is 4.50. The normalized spacial score (nSPS) is 9.73. The minimum Gasteiger partial charge on any atom is -0.468 e. The van der Waals surface area contributed by atoms with E-state index in [1.54, 1.807) is 0 Å². The van der Waals surface area contributed by atoms with Gasteiger partial charge in [0, 0.05) is 6.20 Å². The molecule has 1 aromatic heterocycles. The number of nitrogen functional groups attached to an aromatic ring is 1. The second-order valence-electron chi connectivity index (χ2n) is 2.85. The van der Waals surface area contributed by atoms with Crippen molar-refractivity contribution in [2.75, 3.05) is 20.0 Å². The van der Waals surface area contributed by atoms with Gasteiger partial charge in [-0.15, -0.1) is 0 Å². The highest BCUT2D eigenvalue weighted by Gasteiger charge is 2.15. The summed E-state index contributed by atoms with van der Waals surface area (Å²) in [6.07, 6.45) is 1.48. The highest BCUT2D eigenvalue weighted by Crippen LogP contribution is 2.11. The molecular weight excluding hydrogens is 200 g/mol. The molecule has 82 valence electrons. The lowest BCUT2D eigenvalue weighted by molar-refractivity contribution is -0.141. The molecule has 0 aliphatic carbocycles. The smallest absolute Gasteiger partial charge is 0.354 e. The monoisotopic (exact) mass is 212 g/mol. The van der Waals surface area contributed by atoms with Crippen LogP contribution >= 0.6 is 0 Å². The van der Waals surface area contributed by atoms with Crippen LogP contribution in [0.2, 0.25) is 0 Å². The lowest BCUT2D eigenvalue weighted by Gasteiger charge is -2.05. The van der Waals surface area contributed by atoms with Gasteiger partial charge in [-0.2, -0.15) is 0 Å². The van der Waals surface area contributed by atoms with Gasteiger partial charge < -0.3 is 19.8 Å². The molecule has 1 heterocycles. The summed E-state index contributed by atoms with van der Waals surface area (Å²) in [5.74, 6) is -1.01. The minimum atomic E-state index is -0.546. The second-order valence-corrected chi connectivity index (χ2v) is 2.85. The Morgan fingerprint density at radius 2 is 2.07 bits per heavy atom. The van der Waals surface area contributed by atoms with Gasteiger partial charge in [-0.3, -0.25) is 4.79 Å². The lowest BCUT2D eigenvalue weighted by atomic mass is 10.4. The van der Waals surface area contributed by atoms with Gasteiger partial charge in [0.15, 0.2) is 0 Å². The summed E-state index contributed by atoms with van der Waals surface area (Å²) >= 11 is 0. The molecule has 0 bridgehead atoms. The van der Waals surface area contributed by atoms with Crippen LogP contribution in [0.5, 0.6) is 0 Å². The number of hydrogen-bond acceptors (Lipinski definition) is 5. The number of nitrogens with zero attached hydrogens (tertiary/aromatic N) is 1. The summed E-state index contributed by atoms with van der Waals surface area (Å²) in [6.45, 7) is -0.0713. The Labute approximate surface area is 86.6 Å². The van der Waals surface area contributed by atoms with Crippen molar-refractivity contribution in [3.05, 3.63) is 18.0 Å². The SMILES string of the molecule is COC(=O)Cn1cc(N)cc1C(=O)OC. The van der Waals surface area contributed by atoms with Gasteiger partial charge in [-0.05, 0) is 6.07 Å². The number of aromatic nitrogens is 1. The molecule has 0 amide bonds. The van der Waals surface area contributed by atoms with E-state index in [2.05, 4.69) is 9.47 Å². The van der Waals surface area contributed by atoms with Gasteiger partial charge in [0.1, 0.15) is 12.2 Å². The van der Waals surface area contributed by atoms with Crippen molar-refractivity contribution in [1.82, 2.24) is 4.57 Å². The van der Waals surface area contributed by atoms with Crippen LogP contribution in [0.15, 0.2) is 12.3 Å². The fourth-order valence-corrected chi connectivity index (χ4v) is 1.14. The van der Waals surface area contributed by atoms with Gasteiger partial charge in [-0.25, -0.2) is 4.79 Å². The minimum absolute atomic E-state index is 0.0713. The predicted octanol–water partition coefficient (Wildman–Crippen LogP) is 0.0299. The summed E-state index contributed by atoms with van der Waals surface area (Å²) in [5.41, 5.74) is 6.12. The summed E-state index contributed by atoms with van der Waals surface area (Å²) in [5, 5.41) is 0. The summed E-state index contributed by atoms with van der Waals surface area (Å²) in [4.78, 5) is 22.3. The maximum atomic E-state index is 11.3. The number of rotatable bonds is 3. The van der Waals surface area contributed by atoms with E-state index < -0.39 is 11.9 Å². The molecule has 0 radical (unpaired) electrons. The number of carbonyl (C=O) groups is 2. The van der Waals surface area contributed by atoms with Crippen LogP contribution in [0, 0.1) is 0 Å². The maximum Gasteiger partial charge on any atom is 0.354 e. The molecule has 0 atom stereocenters. The largest absolute Gasteiger partial charge is 0.468 e. The molecule has 0 aromatic carbocycles. The van der Waals surface area contributed by atoms with Crippen molar-refractivity contribution in [3.63, 3.8) is 0 Å². The highest BCUT2D eigenvalue weighted by atomic mass is 16.5. The zero-order chi connectivity index (χ0) is 11.4. The molecule has 6 heteroatoms. The van der Waals surface area contributed by atoms with E-state index in [-0.39, 0.29) is 12.2 Å². The van der Waals surface area contributed by atoms with Crippen LogP contribution < -0.4 is 5.73 Å². The van der Waals surface area contributed by atoms with Crippen molar-refractivity contribution in [2.24, 2.45) is 0 Å². The van der Waals surface area contributed by atoms with E-state index in [1.165, 1.54) is 31.0 Å². The Morgan fingerprint density at radius 3 is 2.60 bits per heavy atom. The molecule has 0 saturated heterocycles. The first kappa shape index (κ1) is 11.1. The van der Waals surface area contributed by atoms with E-state index in [0.717, 1.165) is 0 Å². The third-order valence-electron chi connectivity index (χ3n) is 1.84.